The highest BCUT2D eigenvalue weighted by Gasteiger charge is 2.55. The summed E-state index contributed by atoms with van der Waals surface area (Å²) in [5.74, 6) is -2.51. The summed E-state index contributed by atoms with van der Waals surface area (Å²) in [4.78, 5) is 40.2. The Morgan fingerprint density at radius 1 is 1.25 bits per heavy atom. The van der Waals surface area contributed by atoms with Crippen LogP contribution in [0.25, 0.3) is 0 Å². The van der Waals surface area contributed by atoms with Crippen molar-refractivity contribution < 1.29 is 24.4 Å². The van der Waals surface area contributed by atoms with E-state index < -0.39 is 34.2 Å². The number of nitrogens with zero attached hydrogens (tertiary/aromatic N) is 2. The number of pyridine rings is 1. The molecule has 3 unspecified atom stereocenters. The molecule has 1 aliphatic heterocycles. The Balaban J connectivity index is 2.02. The van der Waals surface area contributed by atoms with E-state index in [1.54, 1.807) is 44.2 Å². The first-order chi connectivity index (χ1) is 15.2. The highest BCUT2D eigenvalue weighted by Crippen LogP contribution is 2.52. The fourth-order valence-electron chi connectivity index (χ4n) is 4.48. The van der Waals surface area contributed by atoms with Gasteiger partial charge in [-0.2, -0.15) is 0 Å². The Labute approximate surface area is 185 Å². The summed E-state index contributed by atoms with van der Waals surface area (Å²) >= 11 is 0. The van der Waals surface area contributed by atoms with Gasteiger partial charge in [0.15, 0.2) is 0 Å². The Kier molecular flexibility index (Phi) is 6.57. The molecule has 0 fully saturated rings. The van der Waals surface area contributed by atoms with Crippen LogP contribution in [0.3, 0.4) is 0 Å². The number of benzene rings is 1. The zero-order chi connectivity index (χ0) is 23.5. The van der Waals surface area contributed by atoms with Gasteiger partial charge < -0.3 is 15.2 Å². The van der Waals surface area contributed by atoms with E-state index in [9.17, 15) is 24.8 Å². The van der Waals surface area contributed by atoms with Crippen LogP contribution in [-0.2, 0) is 9.53 Å². The number of aliphatic carboxylic acids is 1. The van der Waals surface area contributed by atoms with Gasteiger partial charge in [0.2, 0.25) is 0 Å². The summed E-state index contributed by atoms with van der Waals surface area (Å²) in [7, 11) is 0. The molecule has 168 valence electrons. The van der Waals surface area contributed by atoms with Crippen LogP contribution in [0.15, 0.2) is 60.1 Å². The smallest absolute Gasteiger partial charge is 0.339 e. The molecule has 0 bridgehead atoms. The molecule has 9 heteroatoms. The van der Waals surface area contributed by atoms with E-state index in [0.717, 1.165) is 5.70 Å². The molecule has 0 saturated heterocycles. The average molecular weight is 439 g/mol. The number of carbonyl (C=O) groups is 2. The number of carboxylic acid groups (broad SMARTS) is 1. The number of hydrogen-bond acceptors (Lipinski definition) is 7. The van der Waals surface area contributed by atoms with Crippen molar-refractivity contribution in [2.24, 2.45) is 5.41 Å². The van der Waals surface area contributed by atoms with Crippen LogP contribution in [0.1, 0.15) is 49.0 Å². The van der Waals surface area contributed by atoms with Crippen molar-refractivity contribution in [2.45, 2.75) is 39.2 Å². The number of nitro benzene ring substituents is 1. The number of carboxylic acids is 1. The number of rotatable bonds is 7. The molecule has 1 aromatic heterocycles. The summed E-state index contributed by atoms with van der Waals surface area (Å²) < 4.78 is 5.36. The molecule has 2 heterocycles. The molecule has 1 aromatic carbocycles. The summed E-state index contributed by atoms with van der Waals surface area (Å²) in [5.41, 5.74) is 0.419. The van der Waals surface area contributed by atoms with Crippen LogP contribution < -0.4 is 5.32 Å². The second-order valence-corrected chi connectivity index (χ2v) is 7.90. The van der Waals surface area contributed by atoms with E-state index in [-0.39, 0.29) is 24.3 Å². The molecule has 9 nitrogen and oxygen atoms in total. The Bertz CT molecular complexity index is 1070. The molecule has 0 aliphatic carbocycles. The Morgan fingerprint density at radius 3 is 2.59 bits per heavy atom. The molecule has 3 atom stereocenters. The van der Waals surface area contributed by atoms with Gasteiger partial charge in [0.25, 0.3) is 5.69 Å². The van der Waals surface area contributed by atoms with Gasteiger partial charge in [0, 0.05) is 48.1 Å². The zero-order valence-corrected chi connectivity index (χ0v) is 18.1. The van der Waals surface area contributed by atoms with Crippen molar-refractivity contribution in [3.63, 3.8) is 0 Å². The predicted octanol–water partition coefficient (Wildman–Crippen LogP) is 3.68. The first-order valence-electron chi connectivity index (χ1n) is 10.2. The fourth-order valence-corrected chi connectivity index (χ4v) is 4.48. The normalized spacial score (nSPS) is 22.7. The summed E-state index contributed by atoms with van der Waals surface area (Å²) in [5, 5.41) is 25.3. The molecular formula is C23H25N3O6. The van der Waals surface area contributed by atoms with Gasteiger partial charge >= 0.3 is 11.9 Å². The Hall–Kier alpha value is -3.75. The van der Waals surface area contributed by atoms with Crippen LogP contribution in [0.2, 0.25) is 0 Å². The second-order valence-electron chi connectivity index (χ2n) is 7.90. The van der Waals surface area contributed by atoms with Crippen molar-refractivity contribution in [3.05, 3.63) is 81.3 Å². The van der Waals surface area contributed by atoms with Crippen LogP contribution in [0, 0.1) is 15.5 Å². The van der Waals surface area contributed by atoms with Crippen LogP contribution in [-0.4, -0.2) is 39.6 Å². The molecule has 0 saturated carbocycles. The molecular weight excluding hydrogens is 414 g/mol. The van der Waals surface area contributed by atoms with Gasteiger partial charge in [-0.1, -0.05) is 18.2 Å². The Morgan fingerprint density at radius 2 is 1.97 bits per heavy atom. The van der Waals surface area contributed by atoms with Crippen LogP contribution in [0.5, 0.6) is 0 Å². The van der Waals surface area contributed by atoms with E-state index in [1.165, 1.54) is 18.5 Å². The number of ether oxygens (including phenoxy) is 1. The number of carbonyl (C=O) groups excluding carboxylic acids is 1. The van der Waals surface area contributed by atoms with Crippen molar-refractivity contribution in [1.82, 2.24) is 10.3 Å². The first-order valence-corrected chi connectivity index (χ1v) is 10.2. The molecule has 1 aliphatic rings. The minimum Gasteiger partial charge on any atom is -0.481 e. The first kappa shape index (κ1) is 22.9. The van der Waals surface area contributed by atoms with Crippen LogP contribution in [0.4, 0.5) is 5.69 Å². The molecule has 32 heavy (non-hydrogen) atoms. The van der Waals surface area contributed by atoms with E-state index in [2.05, 4.69) is 10.3 Å². The highest BCUT2D eigenvalue weighted by molar-refractivity contribution is 5.89. The number of esters is 1. The average Bonchev–Trinajstić information content (AvgIpc) is 2.77. The lowest BCUT2D eigenvalue weighted by Crippen LogP contribution is -2.56. The maximum Gasteiger partial charge on any atom is 0.339 e. The van der Waals surface area contributed by atoms with Crippen molar-refractivity contribution in [3.8, 4) is 0 Å². The third-order valence-corrected chi connectivity index (χ3v) is 6.23. The van der Waals surface area contributed by atoms with E-state index in [4.69, 9.17) is 4.74 Å². The number of para-hydroxylation sites is 1. The second kappa shape index (κ2) is 9.17. The number of nitro groups is 1. The third kappa shape index (κ3) is 4.05. The molecule has 0 spiro atoms. The maximum atomic E-state index is 12.8. The zero-order valence-electron chi connectivity index (χ0n) is 18.1. The van der Waals surface area contributed by atoms with Gasteiger partial charge in [-0.25, -0.2) is 4.79 Å². The molecule has 0 radical (unpaired) electrons. The van der Waals surface area contributed by atoms with E-state index in [1.807, 2.05) is 6.92 Å². The largest absolute Gasteiger partial charge is 0.481 e. The summed E-state index contributed by atoms with van der Waals surface area (Å²) in [6.45, 7) is 5.15. The van der Waals surface area contributed by atoms with Crippen molar-refractivity contribution in [1.29, 1.82) is 0 Å². The van der Waals surface area contributed by atoms with Gasteiger partial charge in [-0.05, 0) is 38.5 Å². The van der Waals surface area contributed by atoms with Gasteiger partial charge in [0.1, 0.15) is 5.41 Å². The SMILES string of the molecule is CC1=C(C)C(c2ccccc2[N+](=O)[O-])C(CCOC(=O)c2cccnc2)(C(=O)O)C(C)N1. The van der Waals surface area contributed by atoms with Gasteiger partial charge in [0.05, 0.1) is 17.1 Å². The molecule has 0 amide bonds. The van der Waals surface area contributed by atoms with Gasteiger partial charge in [-0.15, -0.1) is 0 Å². The highest BCUT2D eigenvalue weighted by atomic mass is 16.6. The fraction of sp³-hybridized carbons (Fsp3) is 0.348. The predicted molar refractivity (Wildman–Crippen MR) is 116 cm³/mol. The quantitative estimate of drug-likeness (QED) is 0.379. The third-order valence-electron chi connectivity index (χ3n) is 6.23. The molecule has 2 aromatic rings. The summed E-state index contributed by atoms with van der Waals surface area (Å²) in [6.07, 6.45) is 2.86. The van der Waals surface area contributed by atoms with Crippen LogP contribution >= 0.6 is 0 Å². The minimum absolute atomic E-state index is 0.0379. The number of aromatic nitrogens is 1. The molecule has 2 N–H and O–H groups in total. The van der Waals surface area contributed by atoms with E-state index in [0.29, 0.717) is 11.1 Å². The molecule has 3 rings (SSSR count). The number of allylic oxidation sites excluding steroid dienone is 2. The maximum absolute atomic E-state index is 12.8. The monoisotopic (exact) mass is 439 g/mol. The van der Waals surface area contributed by atoms with E-state index >= 15 is 0 Å². The van der Waals surface area contributed by atoms with Crippen molar-refractivity contribution >= 4 is 17.6 Å². The lowest BCUT2D eigenvalue weighted by molar-refractivity contribution is -0.385. The van der Waals surface area contributed by atoms with Crippen molar-refractivity contribution in [2.75, 3.05) is 6.61 Å². The number of hydrogen-bond donors (Lipinski definition) is 2. The number of nitrogens with one attached hydrogen (secondary N) is 1. The summed E-state index contributed by atoms with van der Waals surface area (Å²) in [6, 6.07) is 8.76. The lowest BCUT2D eigenvalue weighted by atomic mass is 9.61. The minimum atomic E-state index is -1.48. The topological polar surface area (TPSA) is 132 Å². The lowest BCUT2D eigenvalue weighted by Gasteiger charge is -2.47. The van der Waals surface area contributed by atoms with Gasteiger partial charge in [-0.3, -0.25) is 19.9 Å². The standard InChI is InChI=1S/C23H25N3O6/c1-14-15(2)25-16(3)23(22(28)29,10-12-32-21(27)17-7-6-11-24-13-17)20(14)18-8-4-5-9-19(18)26(30)31/h4-9,11,13,16,20,25H,10,12H2,1-3H3,(H,28,29).